The Labute approximate surface area is 122 Å². The predicted molar refractivity (Wildman–Crippen MR) is 79.9 cm³/mol. The Morgan fingerprint density at radius 3 is 2.52 bits per heavy atom. The smallest absolute Gasteiger partial charge is 0.330 e. The van der Waals surface area contributed by atoms with E-state index >= 15 is 0 Å². The van der Waals surface area contributed by atoms with Gasteiger partial charge in [-0.05, 0) is 29.3 Å². The van der Waals surface area contributed by atoms with Crippen LogP contribution in [0.4, 0.5) is 0 Å². The van der Waals surface area contributed by atoms with Gasteiger partial charge in [-0.1, -0.05) is 36.4 Å². The van der Waals surface area contributed by atoms with E-state index in [9.17, 15) is 15.0 Å². The summed E-state index contributed by atoms with van der Waals surface area (Å²) in [6.07, 6.45) is 3.54. The second-order valence-electron chi connectivity index (χ2n) is 4.48. The maximum absolute atomic E-state index is 11.5. The summed E-state index contributed by atoms with van der Waals surface area (Å²) in [6, 6.07) is 14.0. The topological polar surface area (TPSA) is 66.8 Å². The molecule has 4 nitrogen and oxygen atoms in total. The number of rotatable bonds is 5. The third-order valence-corrected chi connectivity index (χ3v) is 2.89. The molecule has 0 saturated carbocycles. The summed E-state index contributed by atoms with van der Waals surface area (Å²) in [5.41, 5.74) is 1.71. The predicted octanol–water partition coefficient (Wildman–Crippen LogP) is 2.90. The minimum absolute atomic E-state index is 0.165. The van der Waals surface area contributed by atoms with Gasteiger partial charge >= 0.3 is 5.97 Å². The number of carbonyl (C=O) groups is 1. The van der Waals surface area contributed by atoms with Gasteiger partial charge in [-0.2, -0.15) is 0 Å². The number of phenols is 2. The lowest BCUT2D eigenvalue weighted by Gasteiger charge is -2.04. The van der Waals surface area contributed by atoms with E-state index < -0.39 is 5.97 Å². The van der Waals surface area contributed by atoms with Gasteiger partial charge in [0.05, 0.1) is 6.61 Å². The molecule has 2 N–H and O–H groups in total. The fourth-order valence-corrected chi connectivity index (χ4v) is 1.77. The Balaban J connectivity index is 1.79. The molecule has 0 fully saturated rings. The minimum Gasteiger partial charge on any atom is -0.504 e. The molecule has 2 aromatic rings. The Morgan fingerprint density at radius 1 is 1.05 bits per heavy atom. The van der Waals surface area contributed by atoms with Gasteiger partial charge in [0.1, 0.15) is 0 Å². The Morgan fingerprint density at radius 2 is 1.81 bits per heavy atom. The molecule has 108 valence electrons. The first-order valence-corrected chi connectivity index (χ1v) is 6.56. The molecule has 0 bridgehead atoms. The van der Waals surface area contributed by atoms with Crippen molar-refractivity contribution in [2.45, 2.75) is 6.42 Å². The van der Waals surface area contributed by atoms with Crippen LogP contribution in [0.3, 0.4) is 0 Å². The SMILES string of the molecule is O=C(/C=C\c1ccccc1)OCCc1ccc(O)c(O)c1. The van der Waals surface area contributed by atoms with Crippen LogP contribution in [-0.4, -0.2) is 22.8 Å². The third-order valence-electron chi connectivity index (χ3n) is 2.89. The molecule has 4 heteroatoms. The van der Waals surface area contributed by atoms with Crippen molar-refractivity contribution in [1.29, 1.82) is 0 Å². The Bertz CT molecular complexity index is 632. The van der Waals surface area contributed by atoms with Crippen molar-refractivity contribution in [3.05, 3.63) is 65.7 Å². The maximum Gasteiger partial charge on any atom is 0.330 e. The molecule has 21 heavy (non-hydrogen) atoms. The van der Waals surface area contributed by atoms with E-state index in [-0.39, 0.29) is 18.1 Å². The molecule has 0 radical (unpaired) electrons. The molecule has 2 rings (SSSR count). The number of phenolic OH excluding ortho intramolecular Hbond substituents is 2. The monoisotopic (exact) mass is 284 g/mol. The number of esters is 1. The second-order valence-corrected chi connectivity index (χ2v) is 4.48. The molecule has 0 unspecified atom stereocenters. The van der Waals surface area contributed by atoms with Gasteiger partial charge in [-0.3, -0.25) is 0 Å². The van der Waals surface area contributed by atoms with Gasteiger partial charge < -0.3 is 14.9 Å². The van der Waals surface area contributed by atoms with Gasteiger partial charge in [0, 0.05) is 12.5 Å². The van der Waals surface area contributed by atoms with E-state index in [4.69, 9.17) is 4.74 Å². The fourth-order valence-electron chi connectivity index (χ4n) is 1.77. The highest BCUT2D eigenvalue weighted by Crippen LogP contribution is 2.24. The van der Waals surface area contributed by atoms with Crippen LogP contribution in [0.1, 0.15) is 11.1 Å². The number of aromatic hydroxyl groups is 2. The molecular weight excluding hydrogens is 268 g/mol. The average molecular weight is 284 g/mol. The lowest BCUT2D eigenvalue weighted by atomic mass is 10.1. The van der Waals surface area contributed by atoms with Crippen LogP contribution in [-0.2, 0) is 16.0 Å². The number of hydrogen-bond donors (Lipinski definition) is 2. The van der Waals surface area contributed by atoms with Crippen LogP contribution >= 0.6 is 0 Å². The minimum atomic E-state index is -0.415. The molecule has 0 aliphatic rings. The lowest BCUT2D eigenvalue weighted by Crippen LogP contribution is -2.04. The van der Waals surface area contributed by atoms with Crippen LogP contribution < -0.4 is 0 Å². The molecular formula is C17H16O4. The highest BCUT2D eigenvalue weighted by atomic mass is 16.5. The zero-order chi connectivity index (χ0) is 15.1. The molecule has 0 spiro atoms. The van der Waals surface area contributed by atoms with Gasteiger partial charge in [-0.15, -0.1) is 0 Å². The summed E-state index contributed by atoms with van der Waals surface area (Å²) >= 11 is 0. The first kappa shape index (κ1) is 14.7. The van der Waals surface area contributed by atoms with Crippen molar-refractivity contribution >= 4 is 12.0 Å². The number of benzene rings is 2. The summed E-state index contributed by atoms with van der Waals surface area (Å²) in [6.45, 7) is 0.210. The second kappa shape index (κ2) is 7.14. The summed E-state index contributed by atoms with van der Waals surface area (Å²) in [4.78, 5) is 11.5. The van der Waals surface area contributed by atoms with Gasteiger partial charge in [-0.25, -0.2) is 4.79 Å². The lowest BCUT2D eigenvalue weighted by molar-refractivity contribution is -0.137. The van der Waals surface area contributed by atoms with Crippen LogP contribution in [0.2, 0.25) is 0 Å². The Hall–Kier alpha value is -2.75. The van der Waals surface area contributed by atoms with Gasteiger partial charge in [0.15, 0.2) is 11.5 Å². The van der Waals surface area contributed by atoms with Gasteiger partial charge in [0.25, 0.3) is 0 Å². The zero-order valence-corrected chi connectivity index (χ0v) is 11.4. The molecule has 2 aromatic carbocycles. The quantitative estimate of drug-likeness (QED) is 0.503. The molecule has 0 aliphatic carbocycles. The summed E-state index contributed by atoms with van der Waals surface area (Å²) in [5.74, 6) is -0.758. The summed E-state index contributed by atoms with van der Waals surface area (Å²) < 4.78 is 5.07. The van der Waals surface area contributed by atoms with Crippen LogP contribution in [0, 0.1) is 0 Å². The van der Waals surface area contributed by atoms with E-state index in [1.54, 1.807) is 12.1 Å². The van der Waals surface area contributed by atoms with Crippen molar-refractivity contribution in [3.8, 4) is 11.5 Å². The van der Waals surface area contributed by atoms with E-state index in [1.165, 1.54) is 18.2 Å². The first-order valence-electron chi connectivity index (χ1n) is 6.56. The Kier molecular flexibility index (Phi) is 4.99. The van der Waals surface area contributed by atoms with E-state index in [0.717, 1.165) is 11.1 Å². The highest BCUT2D eigenvalue weighted by molar-refractivity contribution is 5.87. The standard InChI is InChI=1S/C17H16O4/c18-15-8-6-14(12-16(15)19)10-11-21-17(20)9-7-13-4-2-1-3-5-13/h1-9,12,18-19H,10-11H2/b9-7-. The summed E-state index contributed by atoms with van der Waals surface area (Å²) in [7, 11) is 0. The van der Waals surface area contributed by atoms with Crippen LogP contribution in [0.25, 0.3) is 6.08 Å². The van der Waals surface area contributed by atoms with E-state index in [2.05, 4.69) is 0 Å². The molecule has 0 saturated heterocycles. The number of carbonyl (C=O) groups excluding carboxylic acids is 1. The molecule has 0 heterocycles. The average Bonchev–Trinajstić information content (AvgIpc) is 2.50. The van der Waals surface area contributed by atoms with E-state index in [1.807, 2.05) is 30.3 Å². The molecule has 0 amide bonds. The maximum atomic E-state index is 11.5. The van der Waals surface area contributed by atoms with Crippen molar-refractivity contribution in [3.63, 3.8) is 0 Å². The van der Waals surface area contributed by atoms with Crippen LogP contribution in [0.5, 0.6) is 11.5 Å². The number of ether oxygens (including phenoxy) is 1. The largest absolute Gasteiger partial charge is 0.504 e. The zero-order valence-electron chi connectivity index (χ0n) is 11.4. The van der Waals surface area contributed by atoms with Crippen molar-refractivity contribution in [1.82, 2.24) is 0 Å². The van der Waals surface area contributed by atoms with E-state index in [0.29, 0.717) is 6.42 Å². The molecule has 0 aromatic heterocycles. The normalized spacial score (nSPS) is 10.7. The molecule has 0 atom stereocenters. The van der Waals surface area contributed by atoms with Crippen molar-refractivity contribution in [2.24, 2.45) is 0 Å². The summed E-state index contributed by atoms with van der Waals surface area (Å²) in [5, 5.41) is 18.5. The highest BCUT2D eigenvalue weighted by Gasteiger charge is 2.02. The van der Waals surface area contributed by atoms with Crippen molar-refractivity contribution < 1.29 is 19.7 Å². The molecule has 0 aliphatic heterocycles. The van der Waals surface area contributed by atoms with Crippen LogP contribution in [0.15, 0.2) is 54.6 Å². The third kappa shape index (κ3) is 4.69. The first-order chi connectivity index (χ1) is 10.1. The van der Waals surface area contributed by atoms with Gasteiger partial charge in [0.2, 0.25) is 0 Å². The fraction of sp³-hybridized carbons (Fsp3) is 0.118. The number of hydrogen-bond acceptors (Lipinski definition) is 4. The van der Waals surface area contributed by atoms with Crippen molar-refractivity contribution in [2.75, 3.05) is 6.61 Å².